The fourth-order valence-corrected chi connectivity index (χ4v) is 4.53. The fraction of sp³-hybridized carbons (Fsp3) is 0.227. The summed E-state index contributed by atoms with van der Waals surface area (Å²) in [5, 5.41) is 5.18. The summed E-state index contributed by atoms with van der Waals surface area (Å²) in [6.45, 7) is 3.12. The predicted molar refractivity (Wildman–Crippen MR) is 120 cm³/mol. The van der Waals surface area contributed by atoms with Crippen LogP contribution in [0.15, 0.2) is 58.4 Å². The number of fused-ring (bicyclic) bond motifs is 1. The highest BCUT2D eigenvalue weighted by atomic mass is 32.2. The highest BCUT2D eigenvalue weighted by molar-refractivity contribution is 7.89. The Balaban J connectivity index is 1.44. The van der Waals surface area contributed by atoms with Gasteiger partial charge in [0.1, 0.15) is 0 Å². The van der Waals surface area contributed by atoms with Crippen molar-refractivity contribution in [1.29, 1.82) is 0 Å². The smallest absolute Gasteiger partial charge is 0.338 e. The number of H-pyrrole nitrogens is 1. The Bertz CT molecular complexity index is 1410. The zero-order valence-corrected chi connectivity index (χ0v) is 18.8. The van der Waals surface area contributed by atoms with Gasteiger partial charge in [-0.3, -0.25) is 9.36 Å². The lowest BCUT2D eigenvalue weighted by Gasteiger charge is -2.22. The van der Waals surface area contributed by atoms with E-state index in [1.807, 2.05) is 6.92 Å². The first-order valence-corrected chi connectivity index (χ1v) is 11.6. The Hall–Kier alpha value is -3.70. The zero-order chi connectivity index (χ0) is 23.9. The van der Waals surface area contributed by atoms with Crippen LogP contribution in [-0.4, -0.2) is 42.5 Å². The number of nitrogens with one attached hydrogen (secondary N) is 1. The highest BCUT2D eigenvalue weighted by Gasteiger charge is 2.32. The number of ether oxygens (including phenoxy) is 1. The van der Waals surface area contributed by atoms with Gasteiger partial charge in [-0.25, -0.2) is 23.1 Å². The number of hydrogen-bond acceptors (Lipinski definition) is 6. The Labute approximate surface area is 189 Å². The first kappa shape index (κ1) is 22.5. The van der Waals surface area contributed by atoms with Crippen LogP contribution in [0.1, 0.15) is 28.5 Å². The Morgan fingerprint density at radius 2 is 1.88 bits per heavy atom. The number of carbonyl (C=O) groups is 2. The van der Waals surface area contributed by atoms with Crippen molar-refractivity contribution >= 4 is 27.6 Å². The molecule has 172 valence electrons. The Morgan fingerprint density at radius 1 is 1.18 bits per heavy atom. The number of primary sulfonamides is 1. The first-order chi connectivity index (χ1) is 15.6. The third kappa shape index (κ3) is 4.32. The van der Waals surface area contributed by atoms with E-state index in [1.165, 1.54) is 39.8 Å². The number of nitrogens with two attached hydrogens (primary N) is 1. The number of imidazole rings is 1. The minimum atomic E-state index is -3.85. The quantitative estimate of drug-likeness (QED) is 0.537. The molecule has 33 heavy (non-hydrogen) atoms. The molecule has 0 fully saturated rings. The third-order valence-corrected chi connectivity index (χ3v) is 6.42. The molecule has 3 N–H and O–H groups in total. The van der Waals surface area contributed by atoms with Crippen LogP contribution in [-0.2, 0) is 26.0 Å². The Kier molecular flexibility index (Phi) is 5.68. The van der Waals surface area contributed by atoms with E-state index in [0.717, 1.165) is 5.69 Å². The monoisotopic (exact) mass is 470 g/mol. The molecule has 0 saturated carbocycles. The maximum absolute atomic E-state index is 12.8. The number of aromatic nitrogens is 2. The molecule has 2 aromatic carbocycles. The number of anilines is 1. The molecule has 2 heterocycles. The summed E-state index contributed by atoms with van der Waals surface area (Å²) in [7, 11) is -3.85. The lowest BCUT2D eigenvalue weighted by molar-refractivity contribution is -0.122. The summed E-state index contributed by atoms with van der Waals surface area (Å²) in [4.78, 5) is 41.2. The van der Waals surface area contributed by atoms with Gasteiger partial charge in [-0.2, -0.15) is 0 Å². The lowest BCUT2D eigenvalue weighted by atomic mass is 10.1. The number of sulfonamides is 1. The van der Waals surface area contributed by atoms with Gasteiger partial charge in [0.05, 0.1) is 16.1 Å². The molecule has 11 heteroatoms. The highest BCUT2D eigenvalue weighted by Crippen LogP contribution is 2.33. The van der Waals surface area contributed by atoms with Crippen molar-refractivity contribution in [3.8, 4) is 5.69 Å². The van der Waals surface area contributed by atoms with Gasteiger partial charge in [-0.05, 0) is 68.3 Å². The van der Waals surface area contributed by atoms with Gasteiger partial charge in [0.25, 0.3) is 5.91 Å². The molecule has 0 bridgehead atoms. The molecule has 0 radical (unpaired) electrons. The van der Waals surface area contributed by atoms with Crippen molar-refractivity contribution in [3.05, 3.63) is 76.0 Å². The average molecular weight is 471 g/mol. The zero-order valence-electron chi connectivity index (χ0n) is 17.9. The number of benzene rings is 2. The number of aryl methyl sites for hydroxylation is 1. The summed E-state index contributed by atoms with van der Waals surface area (Å²) < 4.78 is 29.8. The second kappa shape index (κ2) is 8.34. The molecule has 1 unspecified atom stereocenters. The van der Waals surface area contributed by atoms with E-state index in [4.69, 9.17) is 9.88 Å². The van der Waals surface area contributed by atoms with Crippen molar-refractivity contribution in [2.75, 3.05) is 11.5 Å². The van der Waals surface area contributed by atoms with Crippen LogP contribution in [0.5, 0.6) is 0 Å². The normalized spacial score (nSPS) is 15.4. The molecular weight excluding hydrogens is 448 g/mol. The predicted octanol–water partition coefficient (Wildman–Crippen LogP) is 1.26. The van der Waals surface area contributed by atoms with Crippen LogP contribution in [0.4, 0.5) is 5.69 Å². The van der Waals surface area contributed by atoms with Crippen molar-refractivity contribution < 1.29 is 22.7 Å². The number of hydrogen-bond donors (Lipinski definition) is 2. The standard InChI is InChI=1S/C22H22N4O6S/c1-13-9-16-10-18(33(23,30)31)7-8-19(16)26(13)20(27)12-32-21(28)15-3-5-17(6-4-15)25-14(2)11-24-22(25)29/h3-8,10-11,13H,9,12H2,1-2H3,(H,24,29)(H2,23,30,31). The minimum absolute atomic E-state index is 0.0188. The van der Waals surface area contributed by atoms with Gasteiger partial charge < -0.3 is 14.6 Å². The van der Waals surface area contributed by atoms with E-state index < -0.39 is 28.5 Å². The maximum atomic E-state index is 12.8. The van der Waals surface area contributed by atoms with Crippen molar-refractivity contribution in [2.24, 2.45) is 5.14 Å². The van der Waals surface area contributed by atoms with Crippen LogP contribution >= 0.6 is 0 Å². The van der Waals surface area contributed by atoms with Gasteiger partial charge in [0.2, 0.25) is 10.0 Å². The number of nitrogens with zero attached hydrogens (tertiary/aromatic N) is 2. The Morgan fingerprint density at radius 3 is 2.48 bits per heavy atom. The van der Waals surface area contributed by atoms with Crippen LogP contribution in [0, 0.1) is 6.92 Å². The van der Waals surface area contributed by atoms with Crippen LogP contribution < -0.4 is 15.7 Å². The molecule has 1 atom stereocenters. The largest absolute Gasteiger partial charge is 0.452 e. The summed E-state index contributed by atoms with van der Waals surface area (Å²) in [6.07, 6.45) is 2.04. The minimum Gasteiger partial charge on any atom is -0.452 e. The molecule has 3 aromatic rings. The molecule has 0 saturated heterocycles. The molecule has 0 spiro atoms. The van der Waals surface area contributed by atoms with Crippen LogP contribution in [0.2, 0.25) is 0 Å². The number of amides is 1. The molecule has 1 amide bonds. The molecular formula is C22H22N4O6S. The van der Waals surface area contributed by atoms with E-state index in [2.05, 4.69) is 4.98 Å². The summed E-state index contributed by atoms with van der Waals surface area (Å²) >= 11 is 0. The van der Waals surface area contributed by atoms with E-state index in [1.54, 1.807) is 25.3 Å². The van der Waals surface area contributed by atoms with E-state index >= 15 is 0 Å². The number of aromatic amines is 1. The lowest BCUT2D eigenvalue weighted by Crippen LogP contribution is -2.38. The second-order valence-electron chi connectivity index (χ2n) is 7.85. The van der Waals surface area contributed by atoms with Crippen molar-refractivity contribution in [3.63, 3.8) is 0 Å². The van der Waals surface area contributed by atoms with Gasteiger partial charge in [-0.15, -0.1) is 0 Å². The molecule has 10 nitrogen and oxygen atoms in total. The van der Waals surface area contributed by atoms with Gasteiger partial charge in [0.15, 0.2) is 6.61 Å². The number of esters is 1. The first-order valence-electron chi connectivity index (χ1n) is 10.1. The van der Waals surface area contributed by atoms with Gasteiger partial charge in [0, 0.05) is 23.6 Å². The SMILES string of the molecule is Cc1c[nH]c(=O)n1-c1ccc(C(=O)OCC(=O)N2c3ccc(S(N)(=O)=O)cc3CC2C)cc1. The van der Waals surface area contributed by atoms with Gasteiger partial charge in [-0.1, -0.05) is 0 Å². The second-order valence-corrected chi connectivity index (χ2v) is 9.41. The molecule has 0 aliphatic carbocycles. The van der Waals surface area contributed by atoms with E-state index in [9.17, 15) is 22.8 Å². The average Bonchev–Trinajstić information content (AvgIpc) is 3.28. The van der Waals surface area contributed by atoms with Gasteiger partial charge >= 0.3 is 11.7 Å². The van der Waals surface area contributed by atoms with Crippen molar-refractivity contribution in [1.82, 2.24) is 9.55 Å². The van der Waals surface area contributed by atoms with Crippen molar-refractivity contribution in [2.45, 2.75) is 31.2 Å². The molecule has 4 rings (SSSR count). The summed E-state index contributed by atoms with van der Waals surface area (Å²) in [5.74, 6) is -1.10. The van der Waals surface area contributed by atoms with Crippen LogP contribution in [0.25, 0.3) is 5.69 Å². The number of rotatable bonds is 5. The molecule has 1 aliphatic rings. The molecule has 1 aliphatic heterocycles. The maximum Gasteiger partial charge on any atom is 0.338 e. The summed E-state index contributed by atoms with van der Waals surface area (Å²) in [5.41, 5.74) is 2.50. The fourth-order valence-electron chi connectivity index (χ4n) is 3.97. The van der Waals surface area contributed by atoms with E-state index in [-0.39, 0.29) is 22.2 Å². The summed E-state index contributed by atoms with van der Waals surface area (Å²) in [6, 6.07) is 10.4. The third-order valence-electron chi connectivity index (χ3n) is 5.51. The molecule has 1 aromatic heterocycles. The topological polar surface area (TPSA) is 145 Å². The van der Waals surface area contributed by atoms with Crippen LogP contribution in [0.3, 0.4) is 0 Å². The number of carbonyl (C=O) groups excluding carboxylic acids is 2. The van der Waals surface area contributed by atoms with E-state index in [0.29, 0.717) is 23.4 Å².